The molecule has 0 aromatic heterocycles. The first-order valence-corrected chi connectivity index (χ1v) is 10.3. The molecule has 2 aromatic rings. The van der Waals surface area contributed by atoms with E-state index in [1.165, 1.54) is 37.5 Å². The summed E-state index contributed by atoms with van der Waals surface area (Å²) in [5, 5.41) is 22.9. The highest BCUT2D eigenvalue weighted by atomic mass is 16.6. The maximum Gasteiger partial charge on any atom is 0.271 e. The molecule has 33 heavy (non-hydrogen) atoms. The van der Waals surface area contributed by atoms with E-state index in [0.717, 1.165) is 32.8 Å². The number of ether oxygens (including phenoxy) is 3. The largest absolute Gasteiger partial charge is 0.493 e. The molecule has 2 aromatic carbocycles. The van der Waals surface area contributed by atoms with Crippen LogP contribution in [0.1, 0.15) is 5.56 Å². The van der Waals surface area contributed by atoms with Gasteiger partial charge in [0.15, 0.2) is 11.5 Å². The molecule has 10 nitrogen and oxygen atoms in total. The van der Waals surface area contributed by atoms with Crippen LogP contribution in [0.5, 0.6) is 11.5 Å². The molecule has 172 valence electrons. The van der Waals surface area contributed by atoms with Gasteiger partial charge >= 0.3 is 0 Å². The van der Waals surface area contributed by atoms with E-state index >= 15 is 0 Å². The molecule has 3 rings (SSSR count). The average molecular weight is 452 g/mol. The van der Waals surface area contributed by atoms with Crippen LogP contribution in [0.3, 0.4) is 0 Å². The predicted molar refractivity (Wildman–Crippen MR) is 121 cm³/mol. The van der Waals surface area contributed by atoms with Crippen LogP contribution in [0.25, 0.3) is 6.08 Å². The number of nitro groups is 1. The van der Waals surface area contributed by atoms with Gasteiger partial charge < -0.3 is 19.5 Å². The Morgan fingerprint density at radius 3 is 2.76 bits per heavy atom. The van der Waals surface area contributed by atoms with Crippen molar-refractivity contribution in [3.05, 3.63) is 63.7 Å². The number of benzene rings is 2. The van der Waals surface area contributed by atoms with Crippen molar-refractivity contribution in [3.8, 4) is 17.6 Å². The normalized spacial score (nSPS) is 14.2. The van der Waals surface area contributed by atoms with E-state index in [1.807, 2.05) is 6.07 Å². The predicted octanol–water partition coefficient (Wildman–Crippen LogP) is 2.86. The fraction of sp³-hybridized carbons (Fsp3) is 0.304. The first kappa shape index (κ1) is 23.7. The summed E-state index contributed by atoms with van der Waals surface area (Å²) < 4.78 is 16.6. The van der Waals surface area contributed by atoms with E-state index in [9.17, 15) is 20.2 Å². The van der Waals surface area contributed by atoms with Crippen molar-refractivity contribution in [1.29, 1.82) is 5.26 Å². The highest BCUT2D eigenvalue weighted by Gasteiger charge is 2.14. The quantitative estimate of drug-likeness (QED) is 0.266. The summed E-state index contributed by atoms with van der Waals surface area (Å²) >= 11 is 0. The molecule has 0 saturated carbocycles. The zero-order valence-electron chi connectivity index (χ0n) is 18.2. The van der Waals surface area contributed by atoms with Gasteiger partial charge in [0.05, 0.1) is 25.2 Å². The van der Waals surface area contributed by atoms with Crippen molar-refractivity contribution in [3.63, 3.8) is 0 Å². The SMILES string of the molecule is COc1cc(/C=C(\C#N)C(=O)Nc2cccc([N+](=O)[O-])c2)ccc1OCCN1CCOCC1. The highest BCUT2D eigenvalue weighted by Crippen LogP contribution is 2.29. The second-order valence-corrected chi connectivity index (χ2v) is 7.14. The second kappa shape index (κ2) is 11.6. The Kier molecular flexibility index (Phi) is 8.35. The van der Waals surface area contributed by atoms with Gasteiger partial charge in [0, 0.05) is 37.5 Å². The second-order valence-electron chi connectivity index (χ2n) is 7.14. The van der Waals surface area contributed by atoms with Crippen molar-refractivity contribution in [1.82, 2.24) is 4.90 Å². The summed E-state index contributed by atoms with van der Waals surface area (Å²) in [7, 11) is 1.51. The molecule has 0 bridgehead atoms. The van der Waals surface area contributed by atoms with E-state index in [0.29, 0.717) is 23.7 Å². The summed E-state index contributed by atoms with van der Waals surface area (Å²) in [5.41, 5.74) is 0.462. The lowest BCUT2D eigenvalue weighted by Gasteiger charge is -2.26. The number of non-ortho nitro benzene ring substituents is 1. The standard InChI is InChI=1S/C23H24N4O6/c1-31-22-14-17(5-6-21(22)33-12-9-26-7-10-32-11-8-26)13-18(16-24)23(28)25-19-3-2-4-20(15-19)27(29)30/h2-6,13-15H,7-12H2,1H3,(H,25,28)/b18-13+. The van der Waals surface area contributed by atoms with Crippen LogP contribution >= 0.6 is 0 Å². The number of anilines is 1. The number of nitriles is 1. The van der Waals surface area contributed by atoms with Crippen LogP contribution in [0.2, 0.25) is 0 Å². The number of methoxy groups -OCH3 is 1. The van der Waals surface area contributed by atoms with E-state index in [4.69, 9.17) is 14.2 Å². The lowest BCUT2D eigenvalue weighted by molar-refractivity contribution is -0.384. The van der Waals surface area contributed by atoms with Gasteiger partial charge in [0.1, 0.15) is 18.2 Å². The molecule has 1 fully saturated rings. The minimum Gasteiger partial charge on any atom is -0.493 e. The first-order chi connectivity index (χ1) is 16.0. The maximum absolute atomic E-state index is 12.5. The lowest BCUT2D eigenvalue weighted by Crippen LogP contribution is -2.38. The Morgan fingerprint density at radius 1 is 1.27 bits per heavy atom. The Bertz CT molecular complexity index is 1070. The average Bonchev–Trinajstić information content (AvgIpc) is 2.83. The van der Waals surface area contributed by atoms with Gasteiger partial charge in [0.2, 0.25) is 0 Å². The van der Waals surface area contributed by atoms with Gasteiger partial charge in [-0.3, -0.25) is 19.8 Å². The molecule has 1 saturated heterocycles. The lowest BCUT2D eigenvalue weighted by atomic mass is 10.1. The van der Waals surface area contributed by atoms with E-state index < -0.39 is 10.8 Å². The van der Waals surface area contributed by atoms with Gasteiger partial charge in [-0.25, -0.2) is 0 Å². The smallest absolute Gasteiger partial charge is 0.271 e. The first-order valence-electron chi connectivity index (χ1n) is 10.3. The number of carbonyl (C=O) groups is 1. The van der Waals surface area contributed by atoms with Gasteiger partial charge in [-0.2, -0.15) is 5.26 Å². The van der Waals surface area contributed by atoms with Crippen LogP contribution in [0.15, 0.2) is 48.0 Å². The third kappa shape index (κ3) is 6.77. The molecule has 1 heterocycles. The number of hydrogen-bond acceptors (Lipinski definition) is 8. The molecule has 0 spiro atoms. The van der Waals surface area contributed by atoms with E-state index in [1.54, 1.807) is 18.2 Å². The van der Waals surface area contributed by atoms with E-state index in [2.05, 4.69) is 10.2 Å². The molecule has 1 aliphatic rings. The number of morpholine rings is 1. The van der Waals surface area contributed by atoms with Crippen LogP contribution in [0.4, 0.5) is 11.4 Å². The maximum atomic E-state index is 12.5. The molecule has 1 amide bonds. The van der Waals surface area contributed by atoms with Crippen molar-refractivity contribution < 1.29 is 23.9 Å². The topological polar surface area (TPSA) is 127 Å². The van der Waals surface area contributed by atoms with Gasteiger partial charge in [-0.05, 0) is 29.8 Å². The number of hydrogen-bond donors (Lipinski definition) is 1. The molecule has 0 atom stereocenters. The highest BCUT2D eigenvalue weighted by molar-refractivity contribution is 6.09. The monoisotopic (exact) mass is 452 g/mol. The molecule has 0 aliphatic carbocycles. The molecule has 0 unspecified atom stereocenters. The molecular formula is C23H24N4O6. The zero-order chi connectivity index (χ0) is 23.6. The van der Waals surface area contributed by atoms with Crippen LogP contribution in [-0.2, 0) is 9.53 Å². The van der Waals surface area contributed by atoms with E-state index in [-0.39, 0.29) is 16.9 Å². The molecule has 1 N–H and O–H groups in total. The van der Waals surface area contributed by atoms with Crippen molar-refractivity contribution in [2.24, 2.45) is 0 Å². The van der Waals surface area contributed by atoms with Crippen molar-refractivity contribution in [2.45, 2.75) is 0 Å². The fourth-order valence-electron chi connectivity index (χ4n) is 3.21. The van der Waals surface area contributed by atoms with Crippen LogP contribution in [-0.4, -0.2) is 62.3 Å². The molecular weight excluding hydrogens is 428 g/mol. The molecule has 0 radical (unpaired) electrons. The minimum absolute atomic E-state index is 0.162. The van der Waals surface area contributed by atoms with Gasteiger partial charge in [-0.1, -0.05) is 12.1 Å². The van der Waals surface area contributed by atoms with Crippen LogP contribution in [0, 0.1) is 21.4 Å². The Labute approximate surface area is 191 Å². The third-order valence-electron chi connectivity index (χ3n) is 4.95. The summed E-state index contributed by atoms with van der Waals surface area (Å²) in [6.07, 6.45) is 1.41. The summed E-state index contributed by atoms with van der Waals surface area (Å²) in [6, 6.07) is 12.5. The number of rotatable bonds is 9. The Morgan fingerprint density at radius 2 is 2.06 bits per heavy atom. The number of nitro benzene ring substituents is 1. The van der Waals surface area contributed by atoms with Gasteiger partial charge in [-0.15, -0.1) is 0 Å². The van der Waals surface area contributed by atoms with Crippen LogP contribution < -0.4 is 14.8 Å². The Hall–Kier alpha value is -3.94. The molecule has 1 aliphatic heterocycles. The fourth-order valence-corrected chi connectivity index (χ4v) is 3.21. The number of nitrogens with one attached hydrogen (secondary N) is 1. The molecule has 10 heteroatoms. The van der Waals surface area contributed by atoms with Crippen molar-refractivity contribution in [2.75, 3.05) is 51.9 Å². The third-order valence-corrected chi connectivity index (χ3v) is 4.95. The van der Waals surface area contributed by atoms with Crippen molar-refractivity contribution >= 4 is 23.4 Å². The zero-order valence-corrected chi connectivity index (χ0v) is 18.2. The minimum atomic E-state index is -0.678. The summed E-state index contributed by atoms with van der Waals surface area (Å²) in [4.78, 5) is 25.1. The summed E-state index contributed by atoms with van der Waals surface area (Å²) in [6.45, 7) is 4.45. The number of carbonyl (C=O) groups excluding carboxylic acids is 1. The Balaban J connectivity index is 1.67. The summed E-state index contributed by atoms with van der Waals surface area (Å²) in [5.74, 6) is 0.354. The van der Waals surface area contributed by atoms with Gasteiger partial charge in [0.25, 0.3) is 11.6 Å². The number of nitrogens with zero attached hydrogens (tertiary/aromatic N) is 3. The number of amides is 1.